The number of thioether (sulfide) groups is 1. The summed E-state index contributed by atoms with van der Waals surface area (Å²) in [4.78, 5) is 54.6. The van der Waals surface area contributed by atoms with Crippen molar-refractivity contribution in [1.82, 2.24) is 15.5 Å². The number of carboxylic acid groups (broad SMARTS) is 1. The molecule has 11 heteroatoms. The van der Waals surface area contributed by atoms with E-state index in [-0.39, 0.29) is 5.70 Å². The molecule has 256 valence electrons. The van der Waals surface area contributed by atoms with E-state index in [1.165, 1.54) is 16.7 Å². The number of alkyl carbamates (subject to hydrolysis) is 1. The van der Waals surface area contributed by atoms with Gasteiger partial charge in [0, 0.05) is 11.3 Å². The fourth-order valence-corrected chi connectivity index (χ4v) is 12.3. The molecular weight excluding hydrogens is 669 g/mol. The van der Waals surface area contributed by atoms with Crippen molar-refractivity contribution in [3.63, 3.8) is 0 Å². The summed E-state index contributed by atoms with van der Waals surface area (Å²) < 4.78 is 5.40. The molecule has 9 nitrogen and oxygen atoms in total. The summed E-state index contributed by atoms with van der Waals surface area (Å²) >= 11 is 1.43. The number of amides is 3. The molecule has 4 aromatic carbocycles. The molecule has 2 heterocycles. The molecule has 3 N–H and O–H groups in total. The van der Waals surface area contributed by atoms with Crippen molar-refractivity contribution in [3.05, 3.63) is 138 Å². The molecule has 1 unspecified atom stereocenters. The van der Waals surface area contributed by atoms with Crippen LogP contribution in [-0.2, 0) is 19.1 Å². The number of hydrogen-bond acceptors (Lipinski definition) is 6. The highest BCUT2D eigenvalue weighted by atomic mass is 32.2. The Morgan fingerprint density at radius 2 is 1.32 bits per heavy atom. The molecule has 4 aromatic rings. The lowest BCUT2D eigenvalue weighted by molar-refractivity contribution is -0.151. The van der Waals surface area contributed by atoms with Crippen molar-refractivity contribution in [2.24, 2.45) is 0 Å². The second-order valence-corrected chi connectivity index (χ2v) is 17.7. The molecule has 0 spiro atoms. The number of ether oxygens (including phenoxy) is 1. The number of rotatable bonds is 10. The van der Waals surface area contributed by atoms with Crippen molar-refractivity contribution >= 4 is 58.8 Å². The van der Waals surface area contributed by atoms with Gasteiger partial charge >= 0.3 is 12.1 Å². The van der Waals surface area contributed by atoms with Gasteiger partial charge in [-0.3, -0.25) is 14.5 Å². The van der Waals surface area contributed by atoms with Crippen LogP contribution in [0, 0.1) is 0 Å². The Labute approximate surface area is 296 Å². The fraction of sp³-hybridized carbons (Fsp3) is 0.231. The Morgan fingerprint density at radius 3 is 1.78 bits per heavy atom. The molecule has 3 amide bonds. The Balaban J connectivity index is 1.33. The number of carbonyl (C=O) groups is 4. The maximum absolute atomic E-state index is 13.8. The minimum Gasteiger partial charge on any atom is -0.477 e. The lowest BCUT2D eigenvalue weighted by Crippen LogP contribution is -2.71. The van der Waals surface area contributed by atoms with Crippen molar-refractivity contribution < 1.29 is 29.0 Å². The molecular formula is C39H39N3O6PS+. The second-order valence-electron chi connectivity index (χ2n) is 13.1. The third-order valence-electron chi connectivity index (χ3n) is 8.62. The highest BCUT2D eigenvalue weighted by Crippen LogP contribution is 2.58. The number of nitrogens with one attached hydrogen (secondary N) is 2. The van der Waals surface area contributed by atoms with Gasteiger partial charge in [-0.25, -0.2) is 9.59 Å². The molecule has 2 aliphatic heterocycles. The summed E-state index contributed by atoms with van der Waals surface area (Å²) in [7, 11) is -2.45. The monoisotopic (exact) mass is 708 g/mol. The molecule has 2 aliphatic rings. The zero-order valence-corrected chi connectivity index (χ0v) is 29.7. The number of β-lactam (4-membered cyclic amide) rings is 1. The number of nitrogens with zero attached hydrogens (tertiary/aromatic N) is 1. The number of benzene rings is 4. The average molecular weight is 709 g/mol. The van der Waals surface area contributed by atoms with Crippen LogP contribution in [0.3, 0.4) is 0 Å². The van der Waals surface area contributed by atoms with Gasteiger partial charge in [0.25, 0.3) is 5.91 Å². The Bertz CT molecular complexity index is 1810. The van der Waals surface area contributed by atoms with Gasteiger partial charge in [0.05, 0.1) is 6.16 Å². The summed E-state index contributed by atoms with van der Waals surface area (Å²) in [5, 5.41) is 18.8. The molecule has 1 saturated heterocycles. The van der Waals surface area contributed by atoms with Crippen LogP contribution in [-0.4, -0.2) is 62.8 Å². The van der Waals surface area contributed by atoms with E-state index >= 15 is 0 Å². The average Bonchev–Trinajstić information content (AvgIpc) is 3.12. The molecule has 1 fully saturated rings. The summed E-state index contributed by atoms with van der Waals surface area (Å²) in [6.07, 6.45) is -0.360. The Kier molecular flexibility index (Phi) is 10.1. The normalized spacial score (nSPS) is 18.0. The van der Waals surface area contributed by atoms with Crippen LogP contribution in [0.15, 0.2) is 133 Å². The minimum atomic E-state index is -2.45. The first-order chi connectivity index (χ1) is 24.0. The molecule has 6 rings (SSSR count). The quantitative estimate of drug-likeness (QED) is 0.157. The molecule has 50 heavy (non-hydrogen) atoms. The van der Waals surface area contributed by atoms with Gasteiger partial charge < -0.3 is 20.5 Å². The molecule has 0 radical (unpaired) electrons. The predicted octanol–water partition coefficient (Wildman–Crippen LogP) is 4.99. The van der Waals surface area contributed by atoms with Gasteiger partial charge in [-0.05, 0) is 62.7 Å². The van der Waals surface area contributed by atoms with Gasteiger partial charge in [-0.2, -0.15) is 0 Å². The highest BCUT2D eigenvalue weighted by molar-refractivity contribution is 8.00. The molecule has 3 atom stereocenters. The third-order valence-corrected chi connectivity index (χ3v) is 14.4. The minimum absolute atomic E-state index is 0.0390. The summed E-state index contributed by atoms with van der Waals surface area (Å²) in [5.41, 5.74) is 0.342. The van der Waals surface area contributed by atoms with Crippen LogP contribution >= 0.6 is 19.0 Å². The van der Waals surface area contributed by atoms with E-state index in [0.29, 0.717) is 23.1 Å². The van der Waals surface area contributed by atoms with E-state index in [9.17, 15) is 24.3 Å². The van der Waals surface area contributed by atoms with Crippen LogP contribution in [0.2, 0.25) is 0 Å². The number of fused-ring (bicyclic) bond motifs is 1. The van der Waals surface area contributed by atoms with E-state index in [1.807, 2.05) is 54.6 Å². The van der Waals surface area contributed by atoms with Crippen LogP contribution in [0.4, 0.5) is 4.79 Å². The SMILES string of the molecule is CC(C)(C)OC(=O)NC(C(=O)N[C@@H]1C(=O)N2C(C(=O)O)=C(C[P+](c3ccccc3)(c3ccccc3)c3ccccc3)CS[C@@H]12)c1ccccc1. The highest BCUT2D eigenvalue weighted by Gasteiger charge is 2.56. The van der Waals surface area contributed by atoms with Crippen molar-refractivity contribution in [2.75, 3.05) is 11.9 Å². The standard InChI is InChI=1S/C39H38N3O6PS/c1-39(2,3)48-38(47)41-31(26-16-8-4-9-17-26)34(43)40-32-35(44)42-33(37(45)46)27(25-50-36(32)42)24-49(28-18-10-5-11-19-28,29-20-12-6-13-21-29)30-22-14-7-15-23-30/h4-23,31-32,36H,24-25H2,1-3H3,(H2-,40,41,43,45,46,47)/p+1/t31?,32-,36+/m1/s1. The van der Waals surface area contributed by atoms with Gasteiger partial charge in [-0.1, -0.05) is 84.9 Å². The molecule has 0 bridgehead atoms. The zero-order valence-electron chi connectivity index (χ0n) is 28.0. The van der Waals surface area contributed by atoms with Crippen LogP contribution in [0.25, 0.3) is 0 Å². The summed E-state index contributed by atoms with van der Waals surface area (Å²) in [6, 6.07) is 37.1. The fourth-order valence-electron chi connectivity index (χ4n) is 6.47. The summed E-state index contributed by atoms with van der Waals surface area (Å²) in [6.45, 7) is 5.17. The first-order valence-electron chi connectivity index (χ1n) is 16.3. The second kappa shape index (κ2) is 14.5. The smallest absolute Gasteiger partial charge is 0.408 e. The number of hydrogen-bond donors (Lipinski definition) is 3. The predicted molar refractivity (Wildman–Crippen MR) is 198 cm³/mol. The van der Waals surface area contributed by atoms with Gasteiger partial charge in [0.1, 0.15) is 51.9 Å². The molecule has 0 saturated carbocycles. The summed E-state index contributed by atoms with van der Waals surface area (Å²) in [5.74, 6) is -1.95. The van der Waals surface area contributed by atoms with Crippen LogP contribution in [0.1, 0.15) is 32.4 Å². The van der Waals surface area contributed by atoms with Crippen LogP contribution < -0.4 is 26.5 Å². The third kappa shape index (κ3) is 7.04. The Hall–Kier alpha value is -4.92. The van der Waals surface area contributed by atoms with Gasteiger partial charge in [0.15, 0.2) is 0 Å². The largest absolute Gasteiger partial charge is 0.477 e. The van der Waals surface area contributed by atoms with Crippen molar-refractivity contribution in [2.45, 2.75) is 43.8 Å². The lowest BCUT2D eigenvalue weighted by atomic mass is 10.0. The van der Waals surface area contributed by atoms with E-state index in [4.69, 9.17) is 4.74 Å². The number of carboxylic acids is 1. The number of carbonyl (C=O) groups excluding carboxylic acids is 3. The van der Waals surface area contributed by atoms with E-state index in [0.717, 1.165) is 15.9 Å². The zero-order chi connectivity index (χ0) is 35.5. The first kappa shape index (κ1) is 34.9. The van der Waals surface area contributed by atoms with Gasteiger partial charge in [-0.15, -0.1) is 11.8 Å². The number of aliphatic carboxylic acids is 1. The first-order valence-corrected chi connectivity index (χ1v) is 19.3. The maximum Gasteiger partial charge on any atom is 0.408 e. The van der Waals surface area contributed by atoms with E-state index in [1.54, 1.807) is 51.1 Å². The Morgan fingerprint density at radius 1 is 0.840 bits per heavy atom. The topological polar surface area (TPSA) is 125 Å². The van der Waals surface area contributed by atoms with Gasteiger partial charge in [0.2, 0.25) is 5.91 Å². The molecule has 0 aromatic heterocycles. The van der Waals surface area contributed by atoms with E-state index in [2.05, 4.69) is 47.0 Å². The van der Waals surface area contributed by atoms with Crippen molar-refractivity contribution in [1.29, 1.82) is 0 Å². The van der Waals surface area contributed by atoms with Crippen molar-refractivity contribution in [3.8, 4) is 0 Å². The molecule has 0 aliphatic carbocycles. The maximum atomic E-state index is 13.8. The van der Waals surface area contributed by atoms with Crippen LogP contribution in [0.5, 0.6) is 0 Å². The van der Waals surface area contributed by atoms with E-state index < -0.39 is 54.2 Å². The lowest BCUT2D eigenvalue weighted by Gasteiger charge is -2.49.